The minimum absolute atomic E-state index is 0.671. The lowest BCUT2D eigenvalue weighted by Crippen LogP contribution is -2.42. The van der Waals surface area contributed by atoms with Gasteiger partial charge in [-0.05, 0) is 50.2 Å². The van der Waals surface area contributed by atoms with Crippen LogP contribution in [0.25, 0.3) is 0 Å². The Bertz CT molecular complexity index is 397. The van der Waals surface area contributed by atoms with Crippen LogP contribution in [0, 0.1) is 0 Å². The van der Waals surface area contributed by atoms with E-state index >= 15 is 0 Å². The number of nitrogens with zero attached hydrogens (tertiary/aromatic N) is 1. The Morgan fingerprint density at radius 3 is 3.06 bits per heavy atom. The molecule has 1 N–H and O–H groups in total. The van der Waals surface area contributed by atoms with Gasteiger partial charge >= 0.3 is 0 Å². The highest BCUT2D eigenvalue weighted by Gasteiger charge is 2.18. The molecule has 18 heavy (non-hydrogen) atoms. The first-order valence-corrected chi connectivity index (χ1v) is 7.69. The van der Waals surface area contributed by atoms with Gasteiger partial charge in [-0.25, -0.2) is 0 Å². The van der Waals surface area contributed by atoms with E-state index in [0.29, 0.717) is 6.04 Å². The average molecular weight is 332 g/mol. The van der Waals surface area contributed by atoms with E-state index in [1.54, 1.807) is 0 Å². The summed E-state index contributed by atoms with van der Waals surface area (Å²) in [5, 5.41) is 4.36. The zero-order valence-electron chi connectivity index (χ0n) is 10.8. The minimum Gasteiger partial charge on any atom is -0.311 e. The van der Waals surface area contributed by atoms with Crippen molar-refractivity contribution in [3.63, 3.8) is 0 Å². The van der Waals surface area contributed by atoms with Crippen molar-refractivity contribution in [2.75, 3.05) is 20.1 Å². The van der Waals surface area contributed by atoms with Crippen LogP contribution in [0.5, 0.6) is 0 Å². The third-order valence-corrected chi connectivity index (χ3v) is 4.49. The van der Waals surface area contributed by atoms with Gasteiger partial charge < -0.3 is 10.2 Å². The maximum Gasteiger partial charge on any atom is 0.0451 e. The van der Waals surface area contributed by atoms with Crippen LogP contribution in [0.4, 0.5) is 0 Å². The van der Waals surface area contributed by atoms with Crippen LogP contribution in [0.3, 0.4) is 0 Å². The Hall–Kier alpha value is -0.0900. The standard InChI is InChI=1S/C14H20BrClN2/c1-18-7-3-2-4-13(18)10-17-9-11-8-12(15)5-6-14(11)16/h5-6,8,13,17H,2-4,7,9-10H2,1H3. The van der Waals surface area contributed by atoms with Gasteiger partial charge in [0.2, 0.25) is 0 Å². The number of hydrogen-bond donors (Lipinski definition) is 1. The van der Waals surface area contributed by atoms with E-state index in [4.69, 9.17) is 11.6 Å². The number of halogens is 2. The molecule has 0 spiro atoms. The predicted molar refractivity (Wildman–Crippen MR) is 81.1 cm³/mol. The van der Waals surface area contributed by atoms with Gasteiger partial charge in [0, 0.05) is 28.6 Å². The van der Waals surface area contributed by atoms with Crippen LogP contribution in [0.2, 0.25) is 5.02 Å². The fourth-order valence-electron chi connectivity index (χ4n) is 2.45. The largest absolute Gasteiger partial charge is 0.311 e. The molecule has 0 aromatic heterocycles. The second kappa shape index (κ2) is 6.90. The van der Waals surface area contributed by atoms with Crippen LogP contribution in [0.15, 0.2) is 22.7 Å². The zero-order chi connectivity index (χ0) is 13.0. The Kier molecular flexibility index (Phi) is 5.49. The third kappa shape index (κ3) is 3.95. The van der Waals surface area contributed by atoms with Crippen LogP contribution >= 0.6 is 27.5 Å². The molecule has 2 nitrogen and oxygen atoms in total. The molecule has 1 fully saturated rings. The highest BCUT2D eigenvalue weighted by Crippen LogP contribution is 2.21. The number of likely N-dealkylation sites (tertiary alicyclic amines) is 1. The van der Waals surface area contributed by atoms with E-state index in [1.165, 1.54) is 25.8 Å². The lowest BCUT2D eigenvalue weighted by atomic mass is 10.0. The molecule has 1 aromatic rings. The van der Waals surface area contributed by atoms with Crippen molar-refractivity contribution in [1.82, 2.24) is 10.2 Å². The highest BCUT2D eigenvalue weighted by atomic mass is 79.9. The Balaban J connectivity index is 1.82. The van der Waals surface area contributed by atoms with E-state index in [2.05, 4.69) is 39.3 Å². The number of hydrogen-bond acceptors (Lipinski definition) is 2. The maximum absolute atomic E-state index is 6.18. The van der Waals surface area contributed by atoms with Crippen molar-refractivity contribution in [3.05, 3.63) is 33.3 Å². The molecule has 1 aromatic carbocycles. The summed E-state index contributed by atoms with van der Waals surface area (Å²) in [5.41, 5.74) is 1.16. The average Bonchev–Trinajstić information content (AvgIpc) is 2.36. The summed E-state index contributed by atoms with van der Waals surface area (Å²) in [7, 11) is 2.22. The molecular formula is C14H20BrClN2. The SMILES string of the molecule is CN1CCCCC1CNCc1cc(Br)ccc1Cl. The van der Waals surface area contributed by atoms with Crippen molar-refractivity contribution in [1.29, 1.82) is 0 Å². The molecule has 1 aliphatic heterocycles. The molecular weight excluding hydrogens is 312 g/mol. The molecule has 1 aliphatic rings. The van der Waals surface area contributed by atoms with Gasteiger partial charge in [-0.15, -0.1) is 0 Å². The normalized spacial score (nSPS) is 21.2. The van der Waals surface area contributed by atoms with E-state index < -0.39 is 0 Å². The van der Waals surface area contributed by atoms with Gasteiger partial charge in [-0.2, -0.15) is 0 Å². The molecule has 4 heteroatoms. The molecule has 100 valence electrons. The van der Waals surface area contributed by atoms with Crippen LogP contribution in [-0.2, 0) is 6.54 Å². The van der Waals surface area contributed by atoms with Crippen molar-refractivity contribution in [2.24, 2.45) is 0 Å². The topological polar surface area (TPSA) is 15.3 Å². The molecule has 1 atom stereocenters. The van der Waals surface area contributed by atoms with Crippen molar-refractivity contribution in [2.45, 2.75) is 31.8 Å². The second-order valence-electron chi connectivity index (χ2n) is 5.00. The molecule has 0 bridgehead atoms. The Labute approximate surface area is 123 Å². The predicted octanol–water partition coefficient (Wildman–Crippen LogP) is 3.68. The van der Waals surface area contributed by atoms with Gasteiger partial charge in [0.25, 0.3) is 0 Å². The lowest BCUT2D eigenvalue weighted by molar-refractivity contribution is 0.181. The van der Waals surface area contributed by atoms with Crippen molar-refractivity contribution >= 4 is 27.5 Å². The molecule has 1 saturated heterocycles. The third-order valence-electron chi connectivity index (χ3n) is 3.62. The lowest BCUT2D eigenvalue weighted by Gasteiger charge is -2.32. The maximum atomic E-state index is 6.18. The van der Waals surface area contributed by atoms with Crippen LogP contribution in [-0.4, -0.2) is 31.1 Å². The number of nitrogens with one attached hydrogen (secondary N) is 1. The summed E-state index contributed by atoms with van der Waals surface area (Å²) >= 11 is 9.65. The highest BCUT2D eigenvalue weighted by molar-refractivity contribution is 9.10. The van der Waals surface area contributed by atoms with Crippen LogP contribution < -0.4 is 5.32 Å². The summed E-state index contributed by atoms with van der Waals surface area (Å²) in [4.78, 5) is 2.46. The zero-order valence-corrected chi connectivity index (χ0v) is 13.1. The summed E-state index contributed by atoms with van der Waals surface area (Å²) in [5.74, 6) is 0. The van der Waals surface area contributed by atoms with Gasteiger partial charge in [-0.1, -0.05) is 34.0 Å². The van der Waals surface area contributed by atoms with Gasteiger partial charge in [0.1, 0.15) is 0 Å². The number of likely N-dealkylation sites (N-methyl/N-ethyl adjacent to an activating group) is 1. The number of rotatable bonds is 4. The van der Waals surface area contributed by atoms with E-state index in [0.717, 1.165) is 28.1 Å². The second-order valence-corrected chi connectivity index (χ2v) is 6.32. The Morgan fingerprint density at radius 1 is 1.44 bits per heavy atom. The molecule has 1 unspecified atom stereocenters. The Morgan fingerprint density at radius 2 is 2.28 bits per heavy atom. The summed E-state index contributed by atoms with van der Waals surface area (Å²) in [6.07, 6.45) is 3.99. The molecule has 0 saturated carbocycles. The van der Waals surface area contributed by atoms with Crippen LogP contribution in [0.1, 0.15) is 24.8 Å². The molecule has 1 heterocycles. The molecule has 2 rings (SSSR count). The van der Waals surface area contributed by atoms with Gasteiger partial charge in [0.05, 0.1) is 0 Å². The molecule has 0 amide bonds. The molecule has 0 aliphatic carbocycles. The minimum atomic E-state index is 0.671. The van der Waals surface area contributed by atoms with Gasteiger partial charge in [0.15, 0.2) is 0 Å². The van der Waals surface area contributed by atoms with E-state index in [9.17, 15) is 0 Å². The summed E-state index contributed by atoms with van der Waals surface area (Å²) in [6, 6.07) is 6.67. The van der Waals surface area contributed by atoms with Crippen molar-refractivity contribution in [3.8, 4) is 0 Å². The number of piperidine rings is 1. The van der Waals surface area contributed by atoms with Crippen molar-refractivity contribution < 1.29 is 0 Å². The smallest absolute Gasteiger partial charge is 0.0451 e. The fraction of sp³-hybridized carbons (Fsp3) is 0.571. The first-order valence-electron chi connectivity index (χ1n) is 6.51. The quantitative estimate of drug-likeness (QED) is 0.905. The van der Waals surface area contributed by atoms with E-state index in [-0.39, 0.29) is 0 Å². The summed E-state index contributed by atoms with van der Waals surface area (Å²) < 4.78 is 1.08. The van der Waals surface area contributed by atoms with Gasteiger partial charge in [-0.3, -0.25) is 0 Å². The number of benzene rings is 1. The summed E-state index contributed by atoms with van der Waals surface area (Å²) in [6.45, 7) is 3.10. The van der Waals surface area contributed by atoms with E-state index in [1.807, 2.05) is 12.1 Å². The monoisotopic (exact) mass is 330 g/mol. The first-order chi connectivity index (χ1) is 8.66. The first kappa shape index (κ1) is 14.3. The molecule has 0 radical (unpaired) electrons. The fourth-order valence-corrected chi connectivity index (χ4v) is 3.05.